The van der Waals surface area contributed by atoms with Gasteiger partial charge < -0.3 is 85.1 Å². The van der Waals surface area contributed by atoms with Gasteiger partial charge in [0.2, 0.25) is 11.8 Å². The van der Waals surface area contributed by atoms with Crippen molar-refractivity contribution in [2.24, 2.45) is 11.3 Å². The number of para-hydroxylation sites is 1. The normalized spacial score (nSPS) is 31.9. The molecule has 33 heteroatoms. The Labute approximate surface area is 578 Å². The Kier molecular flexibility index (Phi) is 21.7. The van der Waals surface area contributed by atoms with Gasteiger partial charge in [-0.1, -0.05) is 77.9 Å². The number of hydrogen-bond donors (Lipinski definition) is 13. The fourth-order valence-corrected chi connectivity index (χ4v) is 19.0. The number of benzene rings is 2. The first-order chi connectivity index (χ1) is 47.3. The SMILES string of the molecule is CCCC(=O)N[C@@H](Cc1cn(CCOC2OC(C(=O)O)C(O)[C@H](O)[C@H]2O)nn1)C(=O)N[C@H](CSSCCOC(=O)NNC(=O)[C@@]1(O)[C@H](O)[C@]2(CC)C=CCN3CC[C@@]4(c5cc([C@@]6(C(=O)OC)C[C@@H]7CN(CCc8c6[nH]c6ccccc86)C[C@](O)(CC)C7)c(OC)cc5N(C)[C@@H]14)[C@@H]32)C(=O)O. The lowest BCUT2D eigenvalue weighted by atomic mass is 9.47. The van der Waals surface area contributed by atoms with Crippen LogP contribution in [-0.2, 0) is 77.9 Å². The van der Waals surface area contributed by atoms with Crippen molar-refractivity contribution in [2.45, 2.75) is 168 Å². The number of aromatic nitrogens is 4. The van der Waals surface area contributed by atoms with E-state index in [9.17, 15) is 64.8 Å². The first kappa shape index (κ1) is 73.1. The zero-order valence-electron chi connectivity index (χ0n) is 56.0. The fourth-order valence-electron chi connectivity index (χ4n) is 17.0. The summed E-state index contributed by atoms with van der Waals surface area (Å²) in [5.41, 5.74) is 1.48. The van der Waals surface area contributed by atoms with Crippen LogP contribution in [0.25, 0.3) is 10.9 Å². The van der Waals surface area contributed by atoms with Crippen molar-refractivity contribution in [1.82, 2.24) is 51.3 Å². The van der Waals surface area contributed by atoms with Crippen LogP contribution in [-0.4, -0.2) is 263 Å². The number of carboxylic acid groups (broad SMARTS) is 2. The van der Waals surface area contributed by atoms with E-state index in [-0.39, 0.29) is 68.6 Å². The zero-order valence-corrected chi connectivity index (χ0v) is 57.6. The lowest BCUT2D eigenvalue weighted by Gasteiger charge is -2.63. The number of ether oxygens (including phenoxy) is 5. The molecule has 540 valence electrons. The highest BCUT2D eigenvalue weighted by Gasteiger charge is 2.79. The number of anilines is 1. The number of rotatable bonds is 25. The lowest BCUT2D eigenvalue weighted by Crippen LogP contribution is -2.82. The van der Waals surface area contributed by atoms with Crippen molar-refractivity contribution in [2.75, 3.05) is 83.6 Å². The standard InChI is InChI=1S/C66H89N11O20S2/c1-7-13-46(78)67-42(26-36-32-77(73-70-36)22-23-95-55-49(81)47(79)48(80)50(97-55)54(85)86)52(82)69-43(53(83)84)33-99-98-25-24-96-61(90)72-71-59(88)66(92)57-64(18-21-76-19-12-17-63(9-3,56(64)76)58(66)87)39-27-40(45(93-5)28-44(39)74(57)4)65(60(89)94-6)30-35-29-62(91,8-2)34-75(31-35)20-16-38-37-14-10-11-15-41(37)68-51(38)65/h10-12,14-15,17,27-28,32,35,42-43,47-50,55-58,68,79-81,87,91-92H,7-9,13,16,18-26,29-31,33-34H2,1-6H3,(H,67,78)(H,69,82)(H,71,88)(H,72,90)(H,83,84)(H,85,86)/t35-,42+,43-,47+,48?,49-,50?,55?,56+,57-,58-,62+,63-,64-,65+,66+/m1/s1. The molecule has 4 aromatic rings. The summed E-state index contributed by atoms with van der Waals surface area (Å²) in [6, 6.07) is 7.33. The molecular weight excluding hydrogens is 1330 g/mol. The summed E-state index contributed by atoms with van der Waals surface area (Å²) in [6.45, 7) is 7.85. The number of amides is 4. The largest absolute Gasteiger partial charge is 0.496 e. The van der Waals surface area contributed by atoms with E-state index in [4.69, 9.17) is 23.7 Å². The number of hydrogen-bond acceptors (Lipinski definition) is 25. The molecule has 3 saturated heterocycles. The van der Waals surface area contributed by atoms with E-state index in [1.807, 2.05) is 62.4 Å². The van der Waals surface area contributed by atoms with Gasteiger partial charge in [0.05, 0.1) is 44.7 Å². The molecule has 1 aliphatic carbocycles. The molecule has 4 fully saturated rings. The number of H-pyrrole nitrogens is 1. The number of carbonyl (C=O) groups is 7. The number of fused-ring (bicyclic) bond motifs is 6. The van der Waals surface area contributed by atoms with Crippen molar-refractivity contribution >= 4 is 79.9 Å². The first-order valence-corrected chi connectivity index (χ1v) is 35.9. The zero-order chi connectivity index (χ0) is 71.1. The fraction of sp³-hybridized carbons (Fsp3) is 0.621. The maximum atomic E-state index is 15.6. The minimum Gasteiger partial charge on any atom is -0.496 e. The predicted octanol–water partition coefficient (Wildman–Crippen LogP) is -0.0168. The summed E-state index contributed by atoms with van der Waals surface area (Å²) in [5, 5.41) is 103. The van der Waals surface area contributed by atoms with Crippen LogP contribution < -0.4 is 31.1 Å². The minimum atomic E-state index is -2.66. The molecule has 11 rings (SSSR count). The van der Waals surface area contributed by atoms with Crippen molar-refractivity contribution in [3.8, 4) is 5.75 Å². The number of likely N-dealkylation sites (N-methyl/N-ethyl adjacent to an activating group) is 1. The average Bonchev–Trinajstić information content (AvgIpc) is 1.50. The number of nitrogens with one attached hydrogen (secondary N) is 5. The molecule has 99 heavy (non-hydrogen) atoms. The second-order valence-corrected chi connectivity index (χ2v) is 29.6. The van der Waals surface area contributed by atoms with E-state index in [2.05, 4.69) is 46.6 Å². The number of aliphatic carboxylic acids is 2. The molecule has 0 radical (unpaired) electrons. The van der Waals surface area contributed by atoms with Gasteiger partial charge in [0, 0.05) is 115 Å². The van der Waals surface area contributed by atoms with Crippen LogP contribution in [0.1, 0.15) is 93.8 Å². The van der Waals surface area contributed by atoms with Gasteiger partial charge in [-0.05, 0) is 80.7 Å². The van der Waals surface area contributed by atoms with E-state index in [1.165, 1.54) is 25.1 Å². The van der Waals surface area contributed by atoms with E-state index in [1.54, 1.807) is 18.9 Å². The molecule has 4 unspecified atom stereocenters. The van der Waals surface area contributed by atoms with Crippen LogP contribution in [0.4, 0.5) is 10.5 Å². The molecule has 7 aliphatic rings. The Morgan fingerprint density at radius 2 is 1.67 bits per heavy atom. The number of methoxy groups -OCH3 is 2. The summed E-state index contributed by atoms with van der Waals surface area (Å²) < 4.78 is 29.6. The molecule has 2 bridgehead atoms. The number of aliphatic hydroxyl groups excluding tert-OH is 4. The van der Waals surface area contributed by atoms with Crippen LogP contribution >= 0.6 is 21.6 Å². The third-order valence-corrected chi connectivity index (χ3v) is 23.7. The average molecular weight is 1420 g/mol. The number of carboxylic acids is 2. The van der Waals surface area contributed by atoms with Crippen LogP contribution in [0.2, 0.25) is 0 Å². The van der Waals surface area contributed by atoms with E-state index in [0.717, 1.165) is 43.6 Å². The topological polar surface area (TPSA) is 432 Å². The number of piperidine rings is 1. The molecular formula is C66H89N11O20S2. The molecule has 13 N–H and O–H groups in total. The highest BCUT2D eigenvalue weighted by Crippen LogP contribution is 2.68. The van der Waals surface area contributed by atoms with Crippen LogP contribution in [0, 0.1) is 11.3 Å². The first-order valence-electron chi connectivity index (χ1n) is 33.4. The summed E-state index contributed by atoms with van der Waals surface area (Å²) >= 11 is 0. The monoisotopic (exact) mass is 1420 g/mol. The van der Waals surface area contributed by atoms with Gasteiger partial charge in [-0.3, -0.25) is 34.4 Å². The Hall–Kier alpha value is -7.15. The van der Waals surface area contributed by atoms with E-state index < -0.39 is 130 Å². The molecule has 1 spiro atoms. The molecule has 6 aliphatic heterocycles. The van der Waals surface area contributed by atoms with Crippen molar-refractivity contribution in [1.29, 1.82) is 0 Å². The van der Waals surface area contributed by atoms with Gasteiger partial charge in [0.1, 0.15) is 54.3 Å². The number of carbonyl (C=O) groups excluding carboxylic acids is 5. The summed E-state index contributed by atoms with van der Waals surface area (Å²) in [4.78, 5) is 105. The molecule has 1 saturated carbocycles. The summed E-state index contributed by atoms with van der Waals surface area (Å²) in [7, 11) is 6.80. The van der Waals surface area contributed by atoms with Gasteiger partial charge >= 0.3 is 24.0 Å². The molecule has 4 amide bonds. The third kappa shape index (κ3) is 13.2. The smallest absolute Gasteiger partial charge is 0.426 e. The molecule has 2 aromatic heterocycles. The molecule has 31 nitrogen and oxygen atoms in total. The molecule has 17 atom stereocenters. The number of aliphatic hydroxyl groups is 6. The van der Waals surface area contributed by atoms with Crippen LogP contribution in [0.15, 0.2) is 54.7 Å². The quantitative estimate of drug-likeness (QED) is 0.0136. The van der Waals surface area contributed by atoms with E-state index >= 15 is 9.59 Å². The molecule has 2 aromatic carbocycles. The third-order valence-electron chi connectivity index (χ3n) is 21.4. The Morgan fingerprint density at radius 3 is 2.38 bits per heavy atom. The van der Waals surface area contributed by atoms with Crippen molar-refractivity contribution in [3.05, 3.63) is 82.8 Å². The minimum absolute atomic E-state index is 0.0511. The summed E-state index contributed by atoms with van der Waals surface area (Å²) in [5.74, 6) is -5.92. The molecule has 8 heterocycles. The highest BCUT2D eigenvalue weighted by molar-refractivity contribution is 8.76. The number of esters is 1. The number of hydrazine groups is 1. The van der Waals surface area contributed by atoms with Crippen molar-refractivity contribution in [3.63, 3.8) is 0 Å². The van der Waals surface area contributed by atoms with Crippen LogP contribution in [0.5, 0.6) is 5.75 Å². The second-order valence-electron chi connectivity index (χ2n) is 27.0. The Balaban J connectivity index is 0.765. The van der Waals surface area contributed by atoms with Crippen molar-refractivity contribution < 1.29 is 98.1 Å². The highest BCUT2D eigenvalue weighted by atomic mass is 33.1. The summed E-state index contributed by atoms with van der Waals surface area (Å²) in [6.07, 6.45) is -3.98. The Bertz CT molecular complexity index is 3730. The maximum Gasteiger partial charge on any atom is 0.426 e. The lowest BCUT2D eigenvalue weighted by molar-refractivity contribution is -0.294. The van der Waals surface area contributed by atoms with E-state index in [0.29, 0.717) is 87.5 Å². The predicted molar refractivity (Wildman–Crippen MR) is 357 cm³/mol. The van der Waals surface area contributed by atoms with Gasteiger partial charge in [-0.15, -0.1) is 5.10 Å². The van der Waals surface area contributed by atoms with Crippen LogP contribution in [0.3, 0.4) is 0 Å². The number of nitrogens with zero attached hydrogens (tertiary/aromatic N) is 6. The maximum absolute atomic E-state index is 15.6. The second kappa shape index (κ2) is 29.4. The number of aromatic amines is 1. The van der Waals surface area contributed by atoms with Gasteiger partial charge in [-0.25, -0.2) is 24.5 Å². The van der Waals surface area contributed by atoms with Gasteiger partial charge in [-0.2, -0.15) is 0 Å². The Morgan fingerprint density at radius 1 is 0.889 bits per heavy atom. The van der Waals surface area contributed by atoms with Gasteiger partial charge in [0.25, 0.3) is 5.91 Å². The van der Waals surface area contributed by atoms with Gasteiger partial charge in [0.15, 0.2) is 18.0 Å².